The first-order chi connectivity index (χ1) is 15.8. The maximum Gasteiger partial charge on any atom is 0.265 e. The van der Waals surface area contributed by atoms with Crippen molar-refractivity contribution in [3.05, 3.63) is 80.3 Å². The zero-order valence-corrected chi connectivity index (χ0v) is 20.8. The summed E-state index contributed by atoms with van der Waals surface area (Å²) in [4.78, 5) is 12.7. The minimum Gasteiger partial charge on any atom is -0.341 e. The SMILES string of the molecule is CCC[C@H]1CO[C@](Cn2c[n+](CC(=O)c3ccc(Cl)cc3Cl)cn2)(c2ccc(Cl)cc2Cl)O1. The second-order valence-corrected chi connectivity index (χ2v) is 9.57. The lowest BCUT2D eigenvalue weighted by atomic mass is 10.1. The molecule has 1 saturated heterocycles. The monoisotopic (exact) mass is 528 g/mol. The molecule has 2 aromatic carbocycles. The van der Waals surface area contributed by atoms with E-state index in [1.54, 1.807) is 52.2 Å². The van der Waals surface area contributed by atoms with Crippen molar-refractivity contribution in [3.63, 3.8) is 0 Å². The molecule has 4 rings (SSSR count). The molecule has 3 aromatic rings. The van der Waals surface area contributed by atoms with Gasteiger partial charge in [-0.15, -0.1) is 4.68 Å². The summed E-state index contributed by atoms with van der Waals surface area (Å²) in [6.45, 7) is 2.86. The molecule has 174 valence electrons. The van der Waals surface area contributed by atoms with E-state index in [-0.39, 0.29) is 25.0 Å². The van der Waals surface area contributed by atoms with E-state index in [4.69, 9.17) is 55.9 Å². The maximum absolute atomic E-state index is 12.7. The van der Waals surface area contributed by atoms with E-state index < -0.39 is 5.79 Å². The summed E-state index contributed by atoms with van der Waals surface area (Å²) >= 11 is 24.7. The fraction of sp³-hybridized carbons (Fsp3) is 0.348. The molecule has 1 fully saturated rings. The third-order valence-electron chi connectivity index (χ3n) is 5.37. The Kier molecular flexibility index (Phi) is 7.63. The van der Waals surface area contributed by atoms with Crippen LogP contribution in [0.3, 0.4) is 0 Å². The Morgan fingerprint density at radius 1 is 1.15 bits per heavy atom. The number of Topliss-reactive ketones (excluding diaryl/α,β-unsaturated/α-hetero) is 1. The second-order valence-electron chi connectivity index (χ2n) is 7.88. The minimum absolute atomic E-state index is 0.0574. The second kappa shape index (κ2) is 10.3. The highest BCUT2D eigenvalue weighted by Gasteiger charge is 2.46. The number of hydrogen-bond donors (Lipinski definition) is 0. The molecule has 2 heterocycles. The molecule has 0 unspecified atom stereocenters. The molecule has 33 heavy (non-hydrogen) atoms. The van der Waals surface area contributed by atoms with Crippen LogP contribution in [0.15, 0.2) is 49.1 Å². The van der Waals surface area contributed by atoms with Crippen LogP contribution in [0.5, 0.6) is 0 Å². The van der Waals surface area contributed by atoms with E-state index in [0.717, 1.165) is 12.8 Å². The number of rotatable bonds is 8. The van der Waals surface area contributed by atoms with Crippen LogP contribution in [0.4, 0.5) is 0 Å². The first-order valence-electron chi connectivity index (χ1n) is 10.5. The number of carbonyl (C=O) groups excluding carboxylic acids is 1. The summed E-state index contributed by atoms with van der Waals surface area (Å²) in [5.41, 5.74) is 1.08. The van der Waals surface area contributed by atoms with Gasteiger partial charge in [0.2, 0.25) is 12.1 Å². The van der Waals surface area contributed by atoms with Gasteiger partial charge in [-0.1, -0.05) is 65.8 Å². The number of carbonyl (C=O) groups is 1. The molecule has 0 radical (unpaired) electrons. The van der Waals surface area contributed by atoms with E-state index in [1.807, 2.05) is 6.07 Å². The van der Waals surface area contributed by atoms with Gasteiger partial charge in [0.15, 0.2) is 12.3 Å². The average molecular weight is 530 g/mol. The van der Waals surface area contributed by atoms with Crippen molar-refractivity contribution < 1.29 is 18.8 Å². The zero-order valence-electron chi connectivity index (χ0n) is 17.8. The predicted molar refractivity (Wildman–Crippen MR) is 127 cm³/mol. The summed E-state index contributed by atoms with van der Waals surface area (Å²) in [5, 5.41) is 6.16. The Balaban J connectivity index is 1.56. The smallest absolute Gasteiger partial charge is 0.265 e. The molecule has 0 aliphatic carbocycles. The molecule has 0 spiro atoms. The third-order valence-corrected chi connectivity index (χ3v) is 6.46. The van der Waals surface area contributed by atoms with Gasteiger partial charge in [0, 0.05) is 26.3 Å². The molecule has 10 heteroatoms. The van der Waals surface area contributed by atoms with Crippen molar-refractivity contribution >= 4 is 52.2 Å². The summed E-state index contributed by atoms with van der Waals surface area (Å²) in [7, 11) is 0. The highest BCUT2D eigenvalue weighted by Crippen LogP contribution is 2.41. The Bertz CT molecular complexity index is 1170. The summed E-state index contributed by atoms with van der Waals surface area (Å²) in [6.07, 6.45) is 5.06. The first kappa shape index (κ1) is 24.5. The van der Waals surface area contributed by atoms with E-state index in [0.29, 0.717) is 37.8 Å². The number of ether oxygens (including phenoxy) is 2. The van der Waals surface area contributed by atoms with Crippen LogP contribution in [0.25, 0.3) is 0 Å². The Morgan fingerprint density at radius 3 is 2.58 bits per heavy atom. The van der Waals surface area contributed by atoms with Gasteiger partial charge < -0.3 is 9.47 Å². The van der Waals surface area contributed by atoms with Crippen molar-refractivity contribution in [2.45, 2.75) is 44.7 Å². The Hall–Kier alpha value is -1.67. The van der Waals surface area contributed by atoms with Crippen molar-refractivity contribution in [1.29, 1.82) is 0 Å². The first-order valence-corrected chi connectivity index (χ1v) is 12.0. The van der Waals surface area contributed by atoms with Crippen LogP contribution in [-0.4, -0.2) is 28.3 Å². The van der Waals surface area contributed by atoms with E-state index in [2.05, 4.69) is 12.0 Å². The van der Waals surface area contributed by atoms with Gasteiger partial charge in [-0.05, 0) is 36.8 Å². The highest BCUT2D eigenvalue weighted by atomic mass is 35.5. The van der Waals surface area contributed by atoms with Crippen molar-refractivity contribution in [2.75, 3.05) is 6.61 Å². The van der Waals surface area contributed by atoms with Crippen LogP contribution < -0.4 is 4.57 Å². The predicted octanol–water partition coefficient (Wildman–Crippen LogP) is 5.74. The molecule has 1 aromatic heterocycles. The molecule has 0 bridgehead atoms. The van der Waals surface area contributed by atoms with Gasteiger partial charge in [0.25, 0.3) is 6.33 Å². The molecular formula is C23H22Cl4N3O3+. The largest absolute Gasteiger partial charge is 0.341 e. The molecule has 0 amide bonds. The zero-order chi connectivity index (χ0) is 23.6. The van der Waals surface area contributed by atoms with E-state index >= 15 is 0 Å². The molecule has 1 aliphatic rings. The number of halogens is 4. The number of aromatic nitrogens is 3. The minimum atomic E-state index is -1.12. The van der Waals surface area contributed by atoms with Crippen LogP contribution >= 0.6 is 46.4 Å². The van der Waals surface area contributed by atoms with Gasteiger partial charge in [-0.3, -0.25) is 4.79 Å². The lowest BCUT2D eigenvalue weighted by molar-refractivity contribution is -0.684. The van der Waals surface area contributed by atoms with Crippen LogP contribution in [0.2, 0.25) is 20.1 Å². The molecule has 0 N–H and O–H groups in total. The lowest BCUT2D eigenvalue weighted by Crippen LogP contribution is -2.37. The highest BCUT2D eigenvalue weighted by molar-refractivity contribution is 6.37. The van der Waals surface area contributed by atoms with Crippen LogP contribution in [0, 0.1) is 0 Å². The normalized spacial score (nSPS) is 20.3. The van der Waals surface area contributed by atoms with Crippen molar-refractivity contribution in [3.8, 4) is 0 Å². The van der Waals surface area contributed by atoms with Gasteiger partial charge in [-0.25, -0.2) is 4.57 Å². The summed E-state index contributed by atoms with van der Waals surface area (Å²) < 4.78 is 15.9. The van der Waals surface area contributed by atoms with Crippen molar-refractivity contribution in [1.82, 2.24) is 9.78 Å². The molecular weight excluding hydrogens is 508 g/mol. The molecule has 1 aliphatic heterocycles. The van der Waals surface area contributed by atoms with Crippen LogP contribution in [0.1, 0.15) is 35.7 Å². The number of nitrogens with zero attached hydrogens (tertiary/aromatic N) is 3. The lowest BCUT2D eigenvalue weighted by Gasteiger charge is -2.27. The summed E-state index contributed by atoms with van der Waals surface area (Å²) in [5.74, 6) is -1.28. The fourth-order valence-corrected chi connectivity index (χ4v) is 4.91. The van der Waals surface area contributed by atoms with E-state index in [9.17, 15) is 4.79 Å². The van der Waals surface area contributed by atoms with Gasteiger partial charge >= 0.3 is 0 Å². The Morgan fingerprint density at radius 2 is 1.88 bits per heavy atom. The topological polar surface area (TPSA) is 57.2 Å². The number of ketones is 1. The van der Waals surface area contributed by atoms with Gasteiger partial charge in [-0.2, -0.15) is 0 Å². The Labute approximate surface area is 211 Å². The molecule has 0 saturated carbocycles. The average Bonchev–Trinajstić information content (AvgIpc) is 3.35. The van der Waals surface area contributed by atoms with Gasteiger partial charge in [0.1, 0.15) is 6.54 Å². The molecule has 6 nitrogen and oxygen atoms in total. The number of hydrogen-bond acceptors (Lipinski definition) is 4. The summed E-state index contributed by atoms with van der Waals surface area (Å²) in [6, 6.07) is 10.0. The van der Waals surface area contributed by atoms with Crippen molar-refractivity contribution in [2.24, 2.45) is 0 Å². The fourth-order valence-electron chi connectivity index (χ4n) is 3.84. The number of benzene rings is 2. The van der Waals surface area contributed by atoms with Crippen LogP contribution in [-0.2, 0) is 28.4 Å². The third kappa shape index (κ3) is 5.53. The molecule has 2 atom stereocenters. The van der Waals surface area contributed by atoms with Gasteiger partial charge in [0.05, 0.1) is 22.8 Å². The van der Waals surface area contributed by atoms with E-state index in [1.165, 1.54) is 0 Å². The maximum atomic E-state index is 12.7. The standard InChI is InChI=1S/C23H22Cl4N3O3/c1-2-3-17-11-32-23(33-17,19-7-5-16(25)9-21(19)27)12-30-14-29(13-28-30)10-22(31)18-6-4-15(24)8-20(18)26/h4-9,13-14,17H,2-3,10-12H2,1H3/q+1/t17-,23-/m0/s1. The quantitative estimate of drug-likeness (QED) is 0.276.